The molecule has 0 aromatic heterocycles. The molecule has 0 radical (unpaired) electrons. The van der Waals surface area contributed by atoms with Gasteiger partial charge in [0, 0.05) is 0 Å². The predicted molar refractivity (Wildman–Crippen MR) is 77.4 cm³/mol. The third kappa shape index (κ3) is 2.27. The molecule has 0 spiro atoms. The van der Waals surface area contributed by atoms with E-state index in [2.05, 4.69) is 0 Å². The number of rotatable bonds is 2. The van der Waals surface area contributed by atoms with Crippen LogP contribution in [0.3, 0.4) is 0 Å². The molecule has 19 heavy (non-hydrogen) atoms. The highest BCUT2D eigenvalue weighted by Crippen LogP contribution is 2.73. The second-order valence-corrected chi connectivity index (χ2v) is 7.69. The first-order valence-corrected chi connectivity index (χ1v) is 8.41. The van der Waals surface area contributed by atoms with E-state index in [1.807, 2.05) is 60.7 Å². The molecule has 2 aromatic rings. The molecular weight excluding hydrogens is 255 g/mol. The van der Waals surface area contributed by atoms with Crippen molar-refractivity contribution in [1.82, 2.24) is 0 Å². The molecule has 0 bridgehead atoms. The summed E-state index contributed by atoms with van der Waals surface area (Å²) in [6.45, 7) is 0. The van der Waals surface area contributed by atoms with Gasteiger partial charge in [0.15, 0.2) is 0 Å². The van der Waals surface area contributed by atoms with Crippen LogP contribution in [-0.2, 0) is 4.57 Å². The molecule has 0 saturated carbocycles. The Morgan fingerprint density at radius 3 is 1.53 bits per heavy atom. The van der Waals surface area contributed by atoms with E-state index in [1.54, 1.807) is 0 Å². The van der Waals surface area contributed by atoms with E-state index in [1.165, 1.54) is 0 Å². The Bertz CT molecular complexity index is 543. The van der Waals surface area contributed by atoms with E-state index in [0.29, 0.717) is 0 Å². The van der Waals surface area contributed by atoms with Crippen LogP contribution in [0.1, 0.15) is 35.3 Å². The molecule has 2 nitrogen and oxygen atoms in total. The first-order chi connectivity index (χ1) is 9.19. The van der Waals surface area contributed by atoms with Crippen LogP contribution in [0.15, 0.2) is 60.7 Å². The fraction of sp³-hybridized carbons (Fsp3) is 0.250. The first kappa shape index (κ1) is 12.7. The lowest BCUT2D eigenvalue weighted by molar-refractivity contribution is 0.465. The summed E-state index contributed by atoms with van der Waals surface area (Å²) < 4.78 is 12.8. The molecule has 1 saturated heterocycles. The van der Waals surface area contributed by atoms with Gasteiger partial charge in [-0.1, -0.05) is 60.7 Å². The molecule has 3 atom stereocenters. The zero-order valence-corrected chi connectivity index (χ0v) is 11.5. The van der Waals surface area contributed by atoms with Crippen molar-refractivity contribution < 1.29 is 9.46 Å². The van der Waals surface area contributed by atoms with Gasteiger partial charge in [-0.25, -0.2) is 0 Å². The van der Waals surface area contributed by atoms with Crippen LogP contribution < -0.4 is 0 Å². The lowest BCUT2D eigenvalue weighted by Gasteiger charge is -2.20. The van der Waals surface area contributed by atoms with Crippen molar-refractivity contribution in [3.05, 3.63) is 71.8 Å². The second-order valence-electron chi connectivity index (χ2n) is 5.10. The van der Waals surface area contributed by atoms with Crippen molar-refractivity contribution in [2.24, 2.45) is 0 Å². The summed E-state index contributed by atoms with van der Waals surface area (Å²) in [5.74, 6) is 0. The summed E-state index contributed by atoms with van der Waals surface area (Å²) in [5, 5.41) is 0. The topological polar surface area (TPSA) is 37.3 Å². The van der Waals surface area contributed by atoms with Gasteiger partial charge in [-0.3, -0.25) is 4.57 Å². The fourth-order valence-electron chi connectivity index (χ4n) is 3.01. The summed E-state index contributed by atoms with van der Waals surface area (Å²) in [6, 6.07) is 19.5. The van der Waals surface area contributed by atoms with Crippen LogP contribution in [0.25, 0.3) is 0 Å². The normalized spacial score (nSPS) is 30.4. The Hall–Kier alpha value is -1.37. The zero-order chi connectivity index (χ0) is 13.3. The highest BCUT2D eigenvalue weighted by molar-refractivity contribution is 7.59. The van der Waals surface area contributed by atoms with Gasteiger partial charge in [-0.15, -0.1) is 0 Å². The van der Waals surface area contributed by atoms with Crippen LogP contribution in [0, 0.1) is 0 Å². The van der Waals surface area contributed by atoms with E-state index in [0.717, 1.165) is 24.0 Å². The Morgan fingerprint density at radius 1 is 0.789 bits per heavy atom. The SMILES string of the molecule is O=P1(O)C(c2ccccc2)CC[C@@H]1c1ccccc1. The molecule has 3 rings (SSSR count). The summed E-state index contributed by atoms with van der Waals surface area (Å²) in [4.78, 5) is 10.6. The van der Waals surface area contributed by atoms with Crippen molar-refractivity contribution in [3.63, 3.8) is 0 Å². The molecule has 0 aliphatic carbocycles. The van der Waals surface area contributed by atoms with E-state index < -0.39 is 7.37 Å². The molecule has 1 N–H and O–H groups in total. The minimum Gasteiger partial charge on any atom is -0.343 e. The van der Waals surface area contributed by atoms with E-state index >= 15 is 0 Å². The van der Waals surface area contributed by atoms with E-state index in [9.17, 15) is 9.46 Å². The van der Waals surface area contributed by atoms with Gasteiger partial charge in [-0.2, -0.15) is 0 Å². The maximum Gasteiger partial charge on any atom is 0.215 e. The van der Waals surface area contributed by atoms with Gasteiger partial charge in [0.2, 0.25) is 7.37 Å². The lowest BCUT2D eigenvalue weighted by atomic mass is 10.0. The van der Waals surface area contributed by atoms with Crippen LogP contribution in [0.4, 0.5) is 0 Å². The average molecular weight is 272 g/mol. The van der Waals surface area contributed by atoms with Crippen molar-refractivity contribution in [2.75, 3.05) is 0 Å². The Morgan fingerprint density at radius 2 is 1.16 bits per heavy atom. The molecule has 1 aliphatic rings. The smallest absolute Gasteiger partial charge is 0.215 e. The second kappa shape index (κ2) is 4.96. The molecule has 1 aliphatic heterocycles. The van der Waals surface area contributed by atoms with E-state index in [-0.39, 0.29) is 11.3 Å². The Kier molecular flexibility index (Phi) is 3.30. The van der Waals surface area contributed by atoms with Crippen LogP contribution in [-0.4, -0.2) is 4.89 Å². The van der Waals surface area contributed by atoms with Gasteiger partial charge in [0.05, 0.1) is 11.3 Å². The number of hydrogen-bond donors (Lipinski definition) is 1. The van der Waals surface area contributed by atoms with Gasteiger partial charge in [0.25, 0.3) is 0 Å². The maximum absolute atomic E-state index is 12.8. The molecule has 1 fully saturated rings. The standard InChI is InChI=1S/C16H17O2P/c17-19(18)15(13-7-3-1-4-8-13)11-12-16(19)14-9-5-2-6-10-14/h1-10,15-16H,11-12H2,(H,17,18)/t15-,16?/m1/s1. The van der Waals surface area contributed by atoms with Gasteiger partial charge in [0.1, 0.15) is 0 Å². The summed E-state index contributed by atoms with van der Waals surface area (Å²) in [5.41, 5.74) is 1.57. The molecule has 3 heteroatoms. The molecule has 1 heterocycles. The third-order valence-corrected chi connectivity index (χ3v) is 6.87. The Labute approximate surface area is 113 Å². The average Bonchev–Trinajstić information content (AvgIpc) is 2.76. The summed E-state index contributed by atoms with van der Waals surface area (Å²) >= 11 is 0. The molecule has 2 aromatic carbocycles. The van der Waals surface area contributed by atoms with Crippen LogP contribution >= 0.6 is 7.37 Å². The fourth-order valence-corrected chi connectivity index (χ4v) is 5.68. The lowest BCUT2D eigenvalue weighted by Crippen LogP contribution is -1.97. The first-order valence-electron chi connectivity index (χ1n) is 6.61. The highest BCUT2D eigenvalue weighted by atomic mass is 31.2. The summed E-state index contributed by atoms with van der Waals surface area (Å²) in [7, 11) is -3.21. The quantitative estimate of drug-likeness (QED) is 0.815. The van der Waals surface area contributed by atoms with Crippen molar-refractivity contribution in [1.29, 1.82) is 0 Å². The van der Waals surface area contributed by atoms with Gasteiger partial charge < -0.3 is 4.89 Å². The van der Waals surface area contributed by atoms with E-state index in [4.69, 9.17) is 0 Å². The van der Waals surface area contributed by atoms with Crippen molar-refractivity contribution >= 4 is 7.37 Å². The molecule has 0 amide bonds. The molecule has 2 unspecified atom stereocenters. The summed E-state index contributed by atoms with van der Waals surface area (Å²) in [6.07, 6.45) is 1.58. The third-order valence-electron chi connectivity index (χ3n) is 3.98. The molecular formula is C16H17O2P. The number of hydrogen-bond acceptors (Lipinski definition) is 1. The predicted octanol–water partition coefficient (Wildman–Crippen LogP) is 4.53. The van der Waals surface area contributed by atoms with Crippen LogP contribution in [0.2, 0.25) is 0 Å². The minimum atomic E-state index is -3.21. The number of benzene rings is 2. The minimum absolute atomic E-state index is 0.209. The maximum atomic E-state index is 12.8. The van der Waals surface area contributed by atoms with Crippen molar-refractivity contribution in [3.8, 4) is 0 Å². The Balaban J connectivity index is 1.95. The largest absolute Gasteiger partial charge is 0.343 e. The monoisotopic (exact) mass is 272 g/mol. The molecule has 98 valence electrons. The highest BCUT2D eigenvalue weighted by Gasteiger charge is 2.46. The van der Waals surface area contributed by atoms with Gasteiger partial charge >= 0.3 is 0 Å². The van der Waals surface area contributed by atoms with Crippen molar-refractivity contribution in [2.45, 2.75) is 24.2 Å². The van der Waals surface area contributed by atoms with Crippen LogP contribution in [0.5, 0.6) is 0 Å². The van der Waals surface area contributed by atoms with Gasteiger partial charge in [-0.05, 0) is 24.0 Å². The zero-order valence-electron chi connectivity index (χ0n) is 10.6.